The van der Waals surface area contributed by atoms with E-state index in [0.29, 0.717) is 23.3 Å². The highest BCUT2D eigenvalue weighted by Crippen LogP contribution is 2.35. The Balaban J connectivity index is 1.97. The highest BCUT2D eigenvalue weighted by atomic mass is 19.1. The zero-order valence-electron chi connectivity index (χ0n) is 15.0. The molecule has 3 rings (SSSR count). The van der Waals surface area contributed by atoms with Crippen molar-refractivity contribution in [1.29, 1.82) is 0 Å². The van der Waals surface area contributed by atoms with Crippen molar-refractivity contribution < 1.29 is 18.7 Å². The second-order valence-electron chi connectivity index (χ2n) is 6.36. The number of imide groups is 1. The third-order valence-corrected chi connectivity index (χ3v) is 4.88. The van der Waals surface area contributed by atoms with Gasteiger partial charge >= 0.3 is 6.03 Å². The fourth-order valence-corrected chi connectivity index (χ4v) is 3.35. The second-order valence-corrected chi connectivity index (χ2v) is 6.36. The number of urea groups is 1. The van der Waals surface area contributed by atoms with Gasteiger partial charge in [0.2, 0.25) is 0 Å². The maximum Gasteiger partial charge on any atom is 0.325 e. The number of methoxy groups -OCH3 is 1. The molecule has 0 bridgehead atoms. The maximum absolute atomic E-state index is 13.9. The molecule has 0 aromatic heterocycles. The minimum Gasteiger partial charge on any atom is -0.496 e. The molecular formula is C20H21FN2O3. The van der Waals surface area contributed by atoms with Crippen LogP contribution in [0.3, 0.4) is 0 Å². The Morgan fingerprint density at radius 3 is 2.54 bits per heavy atom. The number of benzene rings is 2. The SMILES string of the molecule is CCC1(c2ccc(OC)c(C)c2)NC(=O)N(Cc2ccccc2F)C1=O. The summed E-state index contributed by atoms with van der Waals surface area (Å²) in [4.78, 5) is 26.7. The van der Waals surface area contributed by atoms with Crippen LogP contribution in [0.1, 0.15) is 30.0 Å². The lowest BCUT2D eigenvalue weighted by molar-refractivity contribution is -0.132. The van der Waals surface area contributed by atoms with Crippen LogP contribution >= 0.6 is 0 Å². The number of amides is 3. The zero-order chi connectivity index (χ0) is 18.9. The number of nitrogens with one attached hydrogen (secondary N) is 1. The second kappa shape index (κ2) is 6.78. The topological polar surface area (TPSA) is 58.6 Å². The van der Waals surface area contributed by atoms with Crippen molar-refractivity contribution >= 4 is 11.9 Å². The molecule has 1 aliphatic rings. The molecule has 2 aromatic carbocycles. The van der Waals surface area contributed by atoms with Crippen molar-refractivity contribution in [3.05, 3.63) is 65.0 Å². The molecule has 0 spiro atoms. The Bertz CT molecular complexity index is 868. The lowest BCUT2D eigenvalue weighted by Gasteiger charge is -2.26. The first-order valence-corrected chi connectivity index (χ1v) is 8.45. The fraction of sp³-hybridized carbons (Fsp3) is 0.300. The monoisotopic (exact) mass is 356 g/mol. The number of carbonyl (C=O) groups is 2. The van der Waals surface area contributed by atoms with E-state index in [9.17, 15) is 14.0 Å². The van der Waals surface area contributed by atoms with E-state index in [4.69, 9.17) is 4.74 Å². The molecule has 6 heteroatoms. The van der Waals surface area contributed by atoms with Gasteiger partial charge in [-0.1, -0.05) is 31.2 Å². The summed E-state index contributed by atoms with van der Waals surface area (Å²) in [6.45, 7) is 3.61. The predicted octanol–water partition coefficient (Wildman–Crippen LogP) is 3.50. The minimum atomic E-state index is -1.15. The summed E-state index contributed by atoms with van der Waals surface area (Å²) in [5.41, 5.74) is 0.702. The van der Waals surface area contributed by atoms with E-state index >= 15 is 0 Å². The number of halogens is 1. The van der Waals surface area contributed by atoms with Gasteiger partial charge < -0.3 is 10.1 Å². The van der Waals surface area contributed by atoms with Crippen molar-refractivity contribution in [2.75, 3.05) is 7.11 Å². The van der Waals surface area contributed by atoms with Crippen LogP contribution in [0.2, 0.25) is 0 Å². The molecule has 0 saturated carbocycles. The highest BCUT2D eigenvalue weighted by molar-refractivity contribution is 6.07. The molecular weight excluding hydrogens is 335 g/mol. The van der Waals surface area contributed by atoms with Gasteiger partial charge in [-0.3, -0.25) is 9.69 Å². The number of hydrogen-bond acceptors (Lipinski definition) is 3. The van der Waals surface area contributed by atoms with E-state index in [1.165, 1.54) is 6.07 Å². The summed E-state index contributed by atoms with van der Waals surface area (Å²) in [5, 5.41) is 2.81. The van der Waals surface area contributed by atoms with Crippen molar-refractivity contribution in [2.45, 2.75) is 32.4 Å². The smallest absolute Gasteiger partial charge is 0.325 e. The summed E-state index contributed by atoms with van der Waals surface area (Å²) in [6, 6.07) is 11.0. The zero-order valence-corrected chi connectivity index (χ0v) is 15.0. The van der Waals surface area contributed by atoms with Gasteiger partial charge in [0.05, 0.1) is 13.7 Å². The summed E-state index contributed by atoms with van der Waals surface area (Å²) in [7, 11) is 1.58. The Hall–Kier alpha value is -2.89. The predicted molar refractivity (Wildman–Crippen MR) is 95.2 cm³/mol. The first-order chi connectivity index (χ1) is 12.4. The molecule has 2 aromatic rings. The van der Waals surface area contributed by atoms with Crippen molar-refractivity contribution in [3.8, 4) is 5.75 Å². The Kier molecular flexibility index (Phi) is 4.68. The molecule has 5 nitrogen and oxygen atoms in total. The van der Waals surface area contributed by atoms with Gasteiger partial charge in [0.1, 0.15) is 17.1 Å². The maximum atomic E-state index is 13.9. The molecule has 0 aliphatic carbocycles. The van der Waals surface area contributed by atoms with Gasteiger partial charge in [-0.15, -0.1) is 0 Å². The lowest BCUT2D eigenvalue weighted by atomic mass is 9.86. The molecule has 1 aliphatic heterocycles. The van der Waals surface area contributed by atoms with Crippen molar-refractivity contribution in [3.63, 3.8) is 0 Å². The summed E-state index contributed by atoms with van der Waals surface area (Å²) in [6.07, 6.45) is 0.386. The van der Waals surface area contributed by atoms with Gasteiger partial charge in [-0.2, -0.15) is 0 Å². The fourth-order valence-electron chi connectivity index (χ4n) is 3.35. The molecule has 136 valence electrons. The average Bonchev–Trinajstić information content (AvgIpc) is 2.88. The van der Waals surface area contributed by atoms with Crippen LogP contribution in [-0.4, -0.2) is 23.9 Å². The third kappa shape index (κ3) is 2.81. The van der Waals surface area contributed by atoms with Crippen LogP contribution in [0, 0.1) is 12.7 Å². The normalized spacial score (nSPS) is 19.6. The van der Waals surface area contributed by atoms with Crippen LogP contribution in [0.5, 0.6) is 5.75 Å². The van der Waals surface area contributed by atoms with Gasteiger partial charge in [0.25, 0.3) is 5.91 Å². The van der Waals surface area contributed by atoms with E-state index in [1.807, 2.05) is 19.9 Å². The van der Waals surface area contributed by atoms with Gasteiger partial charge in [-0.05, 0) is 42.7 Å². The van der Waals surface area contributed by atoms with E-state index < -0.39 is 17.4 Å². The van der Waals surface area contributed by atoms with E-state index in [0.717, 1.165) is 10.5 Å². The van der Waals surface area contributed by atoms with Gasteiger partial charge in [0.15, 0.2) is 0 Å². The third-order valence-electron chi connectivity index (χ3n) is 4.88. The molecule has 26 heavy (non-hydrogen) atoms. The summed E-state index contributed by atoms with van der Waals surface area (Å²) >= 11 is 0. The molecule has 3 amide bonds. The Morgan fingerprint density at radius 1 is 1.19 bits per heavy atom. The number of aryl methyl sites for hydroxylation is 1. The number of hydrogen-bond donors (Lipinski definition) is 1. The first kappa shape index (κ1) is 17.9. The van der Waals surface area contributed by atoms with Crippen LogP contribution in [0.25, 0.3) is 0 Å². The minimum absolute atomic E-state index is 0.103. The first-order valence-electron chi connectivity index (χ1n) is 8.45. The van der Waals surface area contributed by atoms with Gasteiger partial charge in [0, 0.05) is 5.56 Å². The Labute approximate surface area is 151 Å². The van der Waals surface area contributed by atoms with Gasteiger partial charge in [-0.25, -0.2) is 9.18 Å². The van der Waals surface area contributed by atoms with Crippen LogP contribution in [-0.2, 0) is 16.9 Å². The van der Waals surface area contributed by atoms with Crippen LogP contribution in [0.15, 0.2) is 42.5 Å². The van der Waals surface area contributed by atoms with Crippen LogP contribution < -0.4 is 10.1 Å². The van der Waals surface area contributed by atoms with Crippen molar-refractivity contribution in [2.24, 2.45) is 0 Å². The Morgan fingerprint density at radius 2 is 1.92 bits per heavy atom. The molecule has 1 atom stereocenters. The molecule has 1 saturated heterocycles. The van der Waals surface area contributed by atoms with Crippen molar-refractivity contribution in [1.82, 2.24) is 10.2 Å². The molecule has 0 radical (unpaired) electrons. The van der Waals surface area contributed by atoms with E-state index in [-0.39, 0.29) is 12.5 Å². The quantitative estimate of drug-likeness (QED) is 0.834. The number of nitrogens with zero attached hydrogens (tertiary/aromatic N) is 1. The largest absolute Gasteiger partial charge is 0.496 e. The molecule has 1 fully saturated rings. The molecule has 1 heterocycles. The van der Waals surface area contributed by atoms with E-state index in [2.05, 4.69) is 5.32 Å². The number of carbonyl (C=O) groups excluding carboxylic acids is 2. The number of rotatable bonds is 5. The van der Waals surface area contributed by atoms with Crippen LogP contribution in [0.4, 0.5) is 9.18 Å². The number of ether oxygens (including phenoxy) is 1. The van der Waals surface area contributed by atoms with E-state index in [1.54, 1.807) is 37.4 Å². The highest BCUT2D eigenvalue weighted by Gasteiger charge is 2.51. The molecule has 1 N–H and O–H groups in total. The lowest BCUT2D eigenvalue weighted by Crippen LogP contribution is -2.43. The molecule has 1 unspecified atom stereocenters. The summed E-state index contributed by atoms with van der Waals surface area (Å²) in [5.74, 6) is -0.111. The summed E-state index contributed by atoms with van der Waals surface area (Å²) < 4.78 is 19.2. The standard InChI is InChI=1S/C20H21FN2O3/c1-4-20(15-9-10-17(26-3)13(2)11-15)18(24)23(19(25)22-20)12-14-7-5-6-8-16(14)21/h5-11H,4,12H2,1-3H3,(H,22,25). The average molecular weight is 356 g/mol.